The van der Waals surface area contributed by atoms with Crippen molar-refractivity contribution in [2.24, 2.45) is 11.3 Å². The van der Waals surface area contributed by atoms with Gasteiger partial charge in [0.15, 0.2) is 5.13 Å². The van der Waals surface area contributed by atoms with Crippen LogP contribution in [0.25, 0.3) is 0 Å². The topological polar surface area (TPSA) is 37.4 Å². The summed E-state index contributed by atoms with van der Waals surface area (Å²) < 4.78 is 5.06. The Kier molecular flexibility index (Phi) is 5.63. The van der Waals surface area contributed by atoms with Crippen molar-refractivity contribution in [2.75, 3.05) is 38.3 Å². The zero-order valence-electron chi connectivity index (χ0n) is 14.0. The Bertz CT molecular complexity index is 453. The highest BCUT2D eigenvalue weighted by atomic mass is 32.1. The number of thiazole rings is 1. The normalized spacial score (nSPS) is 19.5. The average Bonchev–Trinajstić information content (AvgIpc) is 3.01. The lowest BCUT2D eigenvalue weighted by Crippen LogP contribution is -2.25. The summed E-state index contributed by atoms with van der Waals surface area (Å²) in [5, 5.41) is 4.60. The molecule has 1 aliphatic heterocycles. The van der Waals surface area contributed by atoms with E-state index in [0.29, 0.717) is 5.41 Å². The quantitative estimate of drug-likeness (QED) is 0.819. The Morgan fingerprint density at radius 3 is 2.81 bits per heavy atom. The van der Waals surface area contributed by atoms with Gasteiger partial charge in [0.2, 0.25) is 0 Å². The van der Waals surface area contributed by atoms with Gasteiger partial charge in [0.05, 0.1) is 12.3 Å². The van der Waals surface area contributed by atoms with E-state index in [1.54, 1.807) is 7.11 Å². The van der Waals surface area contributed by atoms with Crippen molar-refractivity contribution in [1.82, 2.24) is 10.3 Å². The summed E-state index contributed by atoms with van der Waals surface area (Å²) in [7, 11) is 1.73. The molecule has 0 saturated carbocycles. The van der Waals surface area contributed by atoms with Crippen LogP contribution in [0.2, 0.25) is 0 Å². The molecule has 0 amide bonds. The third-order valence-corrected chi connectivity index (χ3v) is 5.55. The number of rotatable bonds is 6. The number of aromatic nitrogens is 1. The van der Waals surface area contributed by atoms with Crippen molar-refractivity contribution in [2.45, 2.75) is 40.7 Å². The van der Waals surface area contributed by atoms with Crippen LogP contribution in [0.5, 0.6) is 0 Å². The van der Waals surface area contributed by atoms with Gasteiger partial charge in [0.1, 0.15) is 0 Å². The largest absolute Gasteiger partial charge is 0.383 e. The molecule has 0 bridgehead atoms. The van der Waals surface area contributed by atoms with Crippen LogP contribution in [0.3, 0.4) is 0 Å². The smallest absolute Gasteiger partial charge is 0.185 e. The Hall–Kier alpha value is -0.650. The molecule has 1 aromatic rings. The number of hydrogen-bond donors (Lipinski definition) is 1. The molecular formula is C16H29N3OS. The van der Waals surface area contributed by atoms with Crippen LogP contribution in [0, 0.1) is 18.3 Å². The van der Waals surface area contributed by atoms with Crippen molar-refractivity contribution in [3.05, 3.63) is 10.6 Å². The minimum Gasteiger partial charge on any atom is -0.383 e. The lowest BCUT2D eigenvalue weighted by Gasteiger charge is -2.26. The van der Waals surface area contributed by atoms with Crippen LogP contribution in [-0.2, 0) is 11.3 Å². The summed E-state index contributed by atoms with van der Waals surface area (Å²) in [4.78, 5) is 8.59. The van der Waals surface area contributed by atoms with E-state index in [4.69, 9.17) is 9.72 Å². The first-order chi connectivity index (χ1) is 9.91. The summed E-state index contributed by atoms with van der Waals surface area (Å²) >= 11 is 1.84. The lowest BCUT2D eigenvalue weighted by molar-refractivity contribution is 0.199. The zero-order chi connectivity index (χ0) is 15.5. The molecule has 1 aromatic heterocycles. The molecule has 1 fully saturated rings. The molecule has 0 aliphatic carbocycles. The van der Waals surface area contributed by atoms with Crippen LogP contribution in [0.1, 0.15) is 37.8 Å². The Labute approximate surface area is 132 Å². The summed E-state index contributed by atoms with van der Waals surface area (Å²) in [6.07, 6.45) is 1.28. The van der Waals surface area contributed by atoms with Crippen LogP contribution in [0.4, 0.5) is 5.13 Å². The standard InChI is InChI=1S/C16H29N3OS/c1-12-14(10-17-7-9-20-5)21-15(18-12)19-8-6-13(11-19)16(2,3)4/h13,17H,6-11H2,1-5H3. The van der Waals surface area contributed by atoms with Gasteiger partial charge in [-0.05, 0) is 24.7 Å². The molecule has 1 unspecified atom stereocenters. The van der Waals surface area contributed by atoms with E-state index in [2.05, 4.69) is 37.9 Å². The van der Waals surface area contributed by atoms with Gasteiger partial charge in [0, 0.05) is 38.2 Å². The van der Waals surface area contributed by atoms with Gasteiger partial charge in [-0.25, -0.2) is 4.98 Å². The first-order valence-electron chi connectivity index (χ1n) is 7.82. The van der Waals surface area contributed by atoms with Crippen LogP contribution < -0.4 is 10.2 Å². The predicted molar refractivity (Wildman–Crippen MR) is 90.2 cm³/mol. The molecule has 4 nitrogen and oxygen atoms in total. The van der Waals surface area contributed by atoms with Gasteiger partial charge < -0.3 is 15.0 Å². The molecule has 2 rings (SSSR count). The molecule has 2 heterocycles. The highest BCUT2D eigenvalue weighted by Gasteiger charge is 2.33. The first kappa shape index (κ1) is 16.7. The van der Waals surface area contributed by atoms with Crippen molar-refractivity contribution in [1.29, 1.82) is 0 Å². The van der Waals surface area contributed by atoms with E-state index in [1.807, 2.05) is 11.3 Å². The van der Waals surface area contributed by atoms with E-state index < -0.39 is 0 Å². The maximum absolute atomic E-state index is 5.06. The Balaban J connectivity index is 1.93. The molecule has 1 N–H and O–H groups in total. The molecule has 1 aliphatic rings. The number of methoxy groups -OCH3 is 1. The molecule has 5 heteroatoms. The Morgan fingerprint density at radius 1 is 1.43 bits per heavy atom. The fourth-order valence-corrected chi connectivity index (χ4v) is 3.79. The number of hydrogen-bond acceptors (Lipinski definition) is 5. The SMILES string of the molecule is COCCNCc1sc(N2CCC(C(C)(C)C)C2)nc1C. The minimum absolute atomic E-state index is 0.394. The van der Waals surface area contributed by atoms with Gasteiger partial charge in [-0.3, -0.25) is 0 Å². The van der Waals surface area contributed by atoms with E-state index in [1.165, 1.54) is 22.1 Å². The third-order valence-electron chi connectivity index (χ3n) is 4.33. The van der Waals surface area contributed by atoms with E-state index >= 15 is 0 Å². The number of anilines is 1. The fraction of sp³-hybridized carbons (Fsp3) is 0.812. The van der Waals surface area contributed by atoms with Gasteiger partial charge >= 0.3 is 0 Å². The fourth-order valence-electron chi connectivity index (χ4n) is 2.73. The van der Waals surface area contributed by atoms with Crippen molar-refractivity contribution in [3.63, 3.8) is 0 Å². The minimum atomic E-state index is 0.394. The summed E-state index contributed by atoms with van der Waals surface area (Å²) in [5.74, 6) is 0.769. The summed E-state index contributed by atoms with van der Waals surface area (Å²) in [5.41, 5.74) is 1.56. The second kappa shape index (κ2) is 7.07. The van der Waals surface area contributed by atoms with Gasteiger partial charge in [0.25, 0.3) is 0 Å². The molecule has 0 spiro atoms. The lowest BCUT2D eigenvalue weighted by atomic mass is 9.80. The molecule has 0 radical (unpaired) electrons. The zero-order valence-corrected chi connectivity index (χ0v) is 14.8. The third kappa shape index (κ3) is 4.41. The number of aryl methyl sites for hydroxylation is 1. The Morgan fingerprint density at radius 2 is 2.19 bits per heavy atom. The van der Waals surface area contributed by atoms with Gasteiger partial charge in [-0.15, -0.1) is 11.3 Å². The van der Waals surface area contributed by atoms with E-state index in [9.17, 15) is 0 Å². The highest BCUT2D eigenvalue weighted by molar-refractivity contribution is 7.15. The highest BCUT2D eigenvalue weighted by Crippen LogP contribution is 2.37. The molecule has 1 saturated heterocycles. The molecular weight excluding hydrogens is 282 g/mol. The average molecular weight is 311 g/mol. The van der Waals surface area contributed by atoms with E-state index in [0.717, 1.165) is 38.7 Å². The molecule has 1 atom stereocenters. The predicted octanol–water partition coefficient (Wildman–Crippen LogP) is 3.06. The monoisotopic (exact) mass is 311 g/mol. The van der Waals surface area contributed by atoms with Crippen LogP contribution >= 0.6 is 11.3 Å². The molecule has 120 valence electrons. The number of nitrogens with one attached hydrogen (secondary N) is 1. The first-order valence-corrected chi connectivity index (χ1v) is 8.64. The molecule has 0 aromatic carbocycles. The summed E-state index contributed by atoms with van der Waals surface area (Å²) in [6, 6.07) is 0. The second-order valence-corrected chi connectivity index (χ2v) is 8.03. The number of ether oxygens (including phenoxy) is 1. The van der Waals surface area contributed by atoms with Crippen LogP contribution in [0.15, 0.2) is 0 Å². The maximum Gasteiger partial charge on any atom is 0.185 e. The van der Waals surface area contributed by atoms with Crippen LogP contribution in [-0.4, -0.2) is 38.3 Å². The van der Waals surface area contributed by atoms with Crippen molar-refractivity contribution >= 4 is 16.5 Å². The van der Waals surface area contributed by atoms with Gasteiger partial charge in [-0.2, -0.15) is 0 Å². The van der Waals surface area contributed by atoms with Gasteiger partial charge in [-0.1, -0.05) is 20.8 Å². The molecule has 21 heavy (non-hydrogen) atoms. The van der Waals surface area contributed by atoms with Crippen molar-refractivity contribution in [3.8, 4) is 0 Å². The maximum atomic E-state index is 5.06. The van der Waals surface area contributed by atoms with Crippen molar-refractivity contribution < 1.29 is 4.74 Å². The van der Waals surface area contributed by atoms with E-state index in [-0.39, 0.29) is 0 Å². The second-order valence-electron chi connectivity index (χ2n) is 6.97. The summed E-state index contributed by atoms with van der Waals surface area (Å²) in [6.45, 7) is 14.0. The number of nitrogens with zero attached hydrogens (tertiary/aromatic N) is 2.